The van der Waals surface area contributed by atoms with Crippen LogP contribution in [0.4, 0.5) is 43.3 Å². The van der Waals surface area contributed by atoms with Gasteiger partial charge in [0.15, 0.2) is 139 Å². The third-order valence-electron chi connectivity index (χ3n) is 22.6. The Morgan fingerprint density at radius 2 is 0.813 bits per heavy atom. The Bertz CT molecular complexity index is 6650. The number of aliphatic hydroxyl groups is 4. The van der Waals surface area contributed by atoms with Crippen molar-refractivity contribution < 1.29 is 165 Å². The Morgan fingerprint density at radius 1 is 0.396 bits per heavy atom. The number of rotatable bonds is 6. The van der Waals surface area contributed by atoms with Crippen molar-refractivity contribution in [2.24, 2.45) is 22.4 Å². The molecule has 13 unspecified atom stereocenters. The molecule has 722 valence electrons. The molecule has 134 heavy (non-hydrogen) atoms. The molecule has 0 amide bonds. The number of hydrogen-bond donors (Lipinski definition) is 18. The van der Waals surface area contributed by atoms with Crippen molar-refractivity contribution in [1.29, 1.82) is 0 Å². The summed E-state index contributed by atoms with van der Waals surface area (Å²) in [6.45, 7) is -1.90. The summed E-state index contributed by atoms with van der Waals surface area (Å²) in [5.41, 5.74) is 44.4. The number of aliphatic imine (C=N–C) groups is 1. The number of phosphoric ester groups is 2. The zero-order valence-corrected chi connectivity index (χ0v) is 73.3. The van der Waals surface area contributed by atoms with Crippen LogP contribution in [0.3, 0.4) is 0 Å². The molecule has 9 fully saturated rings. The van der Waals surface area contributed by atoms with Crippen LogP contribution in [0, 0.1) is 5.92 Å². The predicted octanol–water partition coefficient (Wildman–Crippen LogP) is -1.26. The summed E-state index contributed by atoms with van der Waals surface area (Å²) in [6, 6.07) is 3.66. The van der Waals surface area contributed by atoms with Gasteiger partial charge < -0.3 is 142 Å². The Kier molecular flexibility index (Phi) is 25.0. The first-order valence-corrected chi connectivity index (χ1v) is 49.7. The number of nitrogens with zero attached hydrogens (tertiary/aromatic N) is 20. The largest absolute Gasteiger partial charge is 0.472 e. The number of halogens is 2. The van der Waals surface area contributed by atoms with E-state index in [9.17, 15) is 77.2 Å². The molecule has 9 aliphatic heterocycles. The van der Waals surface area contributed by atoms with Crippen molar-refractivity contribution >= 4 is 142 Å². The van der Waals surface area contributed by atoms with E-state index in [-0.39, 0.29) is 85.7 Å². The van der Waals surface area contributed by atoms with Gasteiger partial charge >= 0.3 is 46.0 Å². The number of aliphatic hydroxyl groups excluding tert-OH is 4. The highest BCUT2D eigenvalue weighted by atomic mass is 31.2. The first-order valence-electron chi connectivity index (χ1n) is 39.7. The number of alkyl halides is 2. The highest BCUT2D eigenvalue weighted by Crippen LogP contribution is 2.59. The highest BCUT2D eigenvalue weighted by molar-refractivity contribution is 7.53. The van der Waals surface area contributed by atoms with Gasteiger partial charge in [0.25, 0.3) is 0 Å². The smallest absolute Gasteiger partial charge is 0.397 e. The van der Waals surface area contributed by atoms with Crippen molar-refractivity contribution in [2.45, 2.75) is 154 Å². The third kappa shape index (κ3) is 18.0. The Labute approximate surface area is 745 Å². The lowest BCUT2D eigenvalue weighted by Crippen LogP contribution is -2.37. The van der Waals surface area contributed by atoms with Gasteiger partial charge in [0.05, 0.1) is 87.0 Å². The van der Waals surface area contributed by atoms with E-state index in [1.165, 1.54) is 102 Å². The molecule has 11 aromatic heterocycles. The monoisotopic (exact) mass is 2000 g/mol. The van der Waals surface area contributed by atoms with Gasteiger partial charge in [-0.15, -0.1) is 0 Å². The van der Waals surface area contributed by atoms with Crippen molar-refractivity contribution in [3.05, 3.63) is 93.1 Å². The fourth-order valence-electron chi connectivity index (χ4n) is 16.5. The van der Waals surface area contributed by atoms with Gasteiger partial charge in [0, 0.05) is 24.5 Å². The van der Waals surface area contributed by atoms with Gasteiger partial charge in [-0.1, -0.05) is 0 Å². The summed E-state index contributed by atoms with van der Waals surface area (Å²) in [7, 11) is -29.1. The Morgan fingerprint density at radius 3 is 1.38 bits per heavy atom. The van der Waals surface area contributed by atoms with Crippen LogP contribution in [0.15, 0.2) is 92.4 Å². The Hall–Kier alpha value is -9.44. The van der Waals surface area contributed by atoms with E-state index in [2.05, 4.69) is 75.1 Å². The molecule has 69 heteroatoms. The van der Waals surface area contributed by atoms with Crippen LogP contribution in [0.1, 0.15) is 55.5 Å². The Balaban J connectivity index is 0.000000129. The molecule has 6 bridgehead atoms. The zero-order chi connectivity index (χ0) is 94.5. The van der Waals surface area contributed by atoms with Crippen molar-refractivity contribution in [1.82, 2.24) is 92.2 Å². The second-order valence-electron chi connectivity index (χ2n) is 31.4. The van der Waals surface area contributed by atoms with Gasteiger partial charge in [-0.3, -0.25) is 77.3 Å². The molecule has 0 aromatic carbocycles. The van der Waals surface area contributed by atoms with Crippen LogP contribution in [-0.2, 0) is 106 Å². The zero-order valence-electron chi connectivity index (χ0n) is 68.0. The number of nitrogens with two attached hydrogens (primary N) is 7. The van der Waals surface area contributed by atoms with E-state index >= 15 is 8.78 Å². The van der Waals surface area contributed by atoms with E-state index in [4.69, 9.17) is 119 Å². The average Bonchev–Trinajstić information content (AvgIpc) is 1.62. The molecule has 61 nitrogen and oxygen atoms in total. The SMILES string of the molecule is NC1=NC(N)c2ncn([C@@H]3C[C@@H]4COP(=O)(O)O[C@@H]5C(O)[C@H](n6cnc7c(N)ccnc76)O[C@@H]5OCP(=O)(O)OC3[C@H]4O)c2N1.Nc1ncnc2c1ncn2[C@@H]1O[C@@H]2COCP(=O)(O)O[C@@H]3C(F)[C@H](n4cnc5c(N)ccnc54)O[C@@H]3COP(=O)(O)OC1[C@H]2O.Nc1ncnc2c1ncn2[C@@H]1O[C@@H]2OCP(=O)(O)O[C@@H]3C(F)[C@H](n4cnc5c(N)ccnc54)O[C@@H]3OCP(=O)(O)OC1[C@H]2O. The summed E-state index contributed by atoms with van der Waals surface area (Å²) >= 11 is 0. The normalized spacial score (nSPS) is 38.9. The standard InChI is InChI=1S/C22H26FN9O11P2.C22H30N10O11P2.C21H24FN9O11P2/c23-12-16-11(41-21(12)31-6-29-13-9(24)1-2-26-19(13)31)4-39-45(36,37)43-17-15(33)10(3-38-8-44(34,35)42-16)40-22(17)32-7-30-14-18(25)27-5-28-20(14)32;23-9-1-2-26-18-11(9)27-6-32(18)20-14(34)16-21(41-20)39-7-44(35,36)42-15-10(3-8(13(15)33)4-40-45(37,38)43-16)31-5-28-12-17(24)29-22(25)30-19(12)31;22-9-13-21(39-18(9)30-4-28-10-8(23)1-2-25-16(10)30)38-7-44(35,36)42-14-12(32)20(37-6-43(33,34)41-13)40-19(14)31-5-29-11-15(24)26-3-27-17(11)31/h1-2,5-7,10-12,15-17,21-22,33H,3-4,8H2,(H2,24,26)(H,34,35)(H,36,37)(H2,25,27,28);1-2,5-6,8,10,13-17,20-21,33-34H,3-4,7,24H2,(H2,23,26)(H,35,36)(H,37,38)(H3,25,29,30);1-5,9,12-14,18-21,32H,6-7H2,(H2,23,25)(H,33,34)(H,35,36)(H2,24,26,27)/t10-,11-,12?,15+,16+,17?,21-,22-;8-,10-,13+,14?,15?,16-,17?,20-,21+;9?,12-,13-,14?,18-,19-,20+,21+/m111/s1. The number of pyridine rings is 3. The van der Waals surface area contributed by atoms with Gasteiger partial charge in [-0.2, -0.15) is 0 Å². The number of nitrogens with one attached hydrogen (secondary N) is 1. The molecular formula is C65H80F2N28O33P6. The first-order chi connectivity index (χ1) is 63.7. The number of phosphoric acid groups is 2. The predicted molar refractivity (Wildman–Crippen MR) is 439 cm³/mol. The molecule has 1 saturated carbocycles. The summed E-state index contributed by atoms with van der Waals surface area (Å²) in [5, 5.41) is 47.2. The van der Waals surface area contributed by atoms with Crippen LogP contribution in [0.25, 0.3) is 55.8 Å². The summed E-state index contributed by atoms with van der Waals surface area (Å²) in [6.07, 6.45) is -27.0. The lowest BCUT2D eigenvalue weighted by Gasteiger charge is -2.28. The van der Waals surface area contributed by atoms with Crippen LogP contribution >= 0.6 is 46.0 Å². The maximum Gasteiger partial charge on any atom is 0.472 e. The fraction of sp³-hybridized carbons (Fsp3) is 0.508. The summed E-state index contributed by atoms with van der Waals surface area (Å²) < 4.78 is 212. The number of ether oxygens (including phenoxy) is 9. The van der Waals surface area contributed by atoms with E-state index < -0.39 is 245 Å². The molecule has 0 spiro atoms. The molecule has 8 saturated heterocycles. The molecule has 25 N–H and O–H groups in total. The van der Waals surface area contributed by atoms with Crippen LogP contribution in [0.5, 0.6) is 0 Å². The molecule has 0 radical (unpaired) electrons. The second kappa shape index (κ2) is 35.8. The van der Waals surface area contributed by atoms with E-state index in [0.29, 0.717) is 22.7 Å². The van der Waals surface area contributed by atoms with Crippen LogP contribution in [-0.4, -0.2) is 298 Å². The van der Waals surface area contributed by atoms with E-state index in [1.54, 1.807) is 0 Å². The fourth-order valence-corrected chi connectivity index (χ4v) is 22.5. The van der Waals surface area contributed by atoms with Crippen LogP contribution < -0.4 is 45.5 Å². The summed E-state index contributed by atoms with van der Waals surface area (Å²) in [4.78, 5) is 122. The van der Waals surface area contributed by atoms with Gasteiger partial charge in [-0.25, -0.2) is 87.7 Å². The quantitative estimate of drug-likeness (QED) is 0.0864. The number of guanidine groups is 1. The molecule has 1 aliphatic carbocycles. The number of nitrogen functional groups attached to an aromatic ring is 5. The van der Waals surface area contributed by atoms with Crippen LogP contribution in [0.2, 0.25) is 0 Å². The number of imidazole rings is 6. The van der Waals surface area contributed by atoms with Gasteiger partial charge in [0.2, 0.25) is 0 Å². The van der Waals surface area contributed by atoms with E-state index in [1.807, 2.05) is 0 Å². The lowest BCUT2D eigenvalue weighted by molar-refractivity contribution is -0.174. The molecular weight excluding hydrogens is 1920 g/mol. The minimum atomic E-state index is -5.09. The summed E-state index contributed by atoms with van der Waals surface area (Å²) in [5.74, 6) is -0.494. The molecule has 11 aromatic rings. The molecule has 20 heterocycles. The van der Waals surface area contributed by atoms with Crippen molar-refractivity contribution in [3.63, 3.8) is 0 Å². The molecule has 10 aliphatic rings. The van der Waals surface area contributed by atoms with Gasteiger partial charge in [-0.05, 0) is 24.6 Å². The van der Waals surface area contributed by atoms with Crippen molar-refractivity contribution in [3.8, 4) is 0 Å². The first kappa shape index (κ1) is 93.6. The number of aromatic nitrogens is 19. The number of hydrogen-bond acceptors (Lipinski definition) is 49. The van der Waals surface area contributed by atoms with Crippen molar-refractivity contribution in [2.75, 3.05) is 79.2 Å². The second-order valence-corrected chi connectivity index (χ2v) is 41.2. The minimum absolute atomic E-state index is 0.00364. The number of fused-ring (bicyclic) bond motifs is 15. The topological polar surface area (TPSA) is 865 Å². The lowest BCUT2D eigenvalue weighted by atomic mass is 10.1. The van der Waals surface area contributed by atoms with Gasteiger partial charge in [0.1, 0.15) is 119 Å². The number of anilines is 6. The minimum Gasteiger partial charge on any atom is -0.397 e. The maximum absolute atomic E-state index is 15.9. The third-order valence-corrected chi connectivity index (χ3v) is 28.8. The van der Waals surface area contributed by atoms with E-state index in [0.717, 1.165) is 12.7 Å². The maximum atomic E-state index is 15.9. The molecule has 21 rings (SSSR count). The highest BCUT2D eigenvalue weighted by Gasteiger charge is 2.59. The molecule has 31 atom stereocenters. The average molecular weight is 2010 g/mol.